The Kier molecular flexibility index (Phi) is 4.31. The van der Waals surface area contributed by atoms with E-state index >= 15 is 0 Å². The second-order valence-corrected chi connectivity index (χ2v) is 5.27. The van der Waals surface area contributed by atoms with Crippen LogP contribution in [0.1, 0.15) is 23.2 Å². The van der Waals surface area contributed by atoms with Crippen LogP contribution in [0.25, 0.3) is 0 Å². The summed E-state index contributed by atoms with van der Waals surface area (Å²) in [6.45, 7) is 2.99. The molecule has 1 fully saturated rings. The van der Waals surface area contributed by atoms with Gasteiger partial charge in [-0.15, -0.1) is 0 Å². The Hall–Kier alpha value is -1.69. The Morgan fingerprint density at radius 2 is 1.95 bits per heavy atom. The molecular formula is C13H20N4O2. The van der Waals surface area contributed by atoms with E-state index in [1.165, 1.54) is 12.4 Å². The topological polar surface area (TPSA) is 69.6 Å². The smallest absolute Gasteiger partial charge is 0.338 e. The first-order valence-electron chi connectivity index (χ1n) is 6.51. The van der Waals surface area contributed by atoms with Crippen molar-refractivity contribution in [2.75, 3.05) is 38.6 Å². The van der Waals surface area contributed by atoms with Crippen molar-refractivity contribution in [1.29, 1.82) is 0 Å². The van der Waals surface area contributed by atoms with E-state index in [9.17, 15) is 4.79 Å². The predicted octanol–water partition coefficient (Wildman–Crippen LogP) is 0.953. The molecule has 1 aromatic heterocycles. The number of aromatic nitrogens is 2. The minimum Gasteiger partial charge on any atom is -0.478 e. The number of hydrogen-bond acceptors (Lipinski definition) is 5. The van der Waals surface area contributed by atoms with Gasteiger partial charge in [-0.25, -0.2) is 14.8 Å². The second kappa shape index (κ2) is 5.97. The van der Waals surface area contributed by atoms with Gasteiger partial charge >= 0.3 is 5.97 Å². The average molecular weight is 264 g/mol. The maximum Gasteiger partial charge on any atom is 0.338 e. The standard InChI is InChI=1S/C13H20N4O2/c1-16(2)9-10-3-5-17(6-4-10)13-14-7-11(8-15-13)12(18)19/h7-8,10H,3-6,9H2,1-2H3,(H,18,19). The Morgan fingerprint density at radius 1 is 1.37 bits per heavy atom. The van der Waals surface area contributed by atoms with Crippen LogP contribution in [0.15, 0.2) is 12.4 Å². The summed E-state index contributed by atoms with van der Waals surface area (Å²) in [5.41, 5.74) is 0.131. The molecule has 1 aromatic rings. The van der Waals surface area contributed by atoms with Crippen LogP contribution in [0.5, 0.6) is 0 Å². The summed E-state index contributed by atoms with van der Waals surface area (Å²) in [4.78, 5) is 23.3. The van der Waals surface area contributed by atoms with E-state index in [-0.39, 0.29) is 5.56 Å². The fraction of sp³-hybridized carbons (Fsp3) is 0.615. The first-order chi connectivity index (χ1) is 9.06. The zero-order chi connectivity index (χ0) is 13.8. The Balaban J connectivity index is 1.92. The molecule has 0 unspecified atom stereocenters. The normalized spacial score (nSPS) is 16.9. The summed E-state index contributed by atoms with van der Waals surface area (Å²) in [6.07, 6.45) is 5.00. The van der Waals surface area contributed by atoms with E-state index in [1.807, 2.05) is 0 Å². The molecule has 0 radical (unpaired) electrons. The SMILES string of the molecule is CN(C)CC1CCN(c2ncc(C(=O)O)cn2)CC1. The van der Waals surface area contributed by atoms with E-state index in [4.69, 9.17) is 5.11 Å². The van der Waals surface area contributed by atoms with Crippen molar-refractivity contribution in [3.05, 3.63) is 18.0 Å². The monoisotopic (exact) mass is 264 g/mol. The molecule has 1 aliphatic rings. The van der Waals surface area contributed by atoms with Crippen LogP contribution >= 0.6 is 0 Å². The summed E-state index contributed by atoms with van der Waals surface area (Å²) >= 11 is 0. The van der Waals surface area contributed by atoms with Crippen LogP contribution < -0.4 is 4.90 Å². The lowest BCUT2D eigenvalue weighted by Crippen LogP contribution is -2.38. The van der Waals surface area contributed by atoms with Crippen LogP contribution in [-0.4, -0.2) is 59.7 Å². The lowest BCUT2D eigenvalue weighted by Gasteiger charge is -2.33. The summed E-state index contributed by atoms with van der Waals surface area (Å²) in [5.74, 6) is 0.370. The number of carbonyl (C=O) groups is 1. The maximum absolute atomic E-state index is 10.7. The highest BCUT2D eigenvalue weighted by molar-refractivity contribution is 5.86. The van der Waals surface area contributed by atoms with Crippen molar-refractivity contribution >= 4 is 11.9 Å². The van der Waals surface area contributed by atoms with Gasteiger partial charge in [0.05, 0.1) is 5.56 Å². The molecule has 6 heteroatoms. The minimum atomic E-state index is -0.990. The van der Waals surface area contributed by atoms with Gasteiger partial charge in [-0.05, 0) is 32.9 Å². The van der Waals surface area contributed by atoms with Crippen molar-refractivity contribution in [2.24, 2.45) is 5.92 Å². The molecule has 0 atom stereocenters. The molecule has 2 heterocycles. The van der Waals surface area contributed by atoms with Gasteiger partial charge in [0.15, 0.2) is 0 Å². The zero-order valence-electron chi connectivity index (χ0n) is 11.4. The summed E-state index contributed by atoms with van der Waals surface area (Å²) < 4.78 is 0. The molecule has 0 aliphatic carbocycles. The van der Waals surface area contributed by atoms with Gasteiger partial charge < -0.3 is 14.9 Å². The highest BCUT2D eigenvalue weighted by atomic mass is 16.4. The van der Waals surface area contributed by atoms with Crippen LogP contribution in [0.4, 0.5) is 5.95 Å². The number of aromatic carboxylic acids is 1. The number of hydrogen-bond donors (Lipinski definition) is 1. The number of piperidine rings is 1. The second-order valence-electron chi connectivity index (χ2n) is 5.27. The van der Waals surface area contributed by atoms with Crippen LogP contribution in [-0.2, 0) is 0 Å². The minimum absolute atomic E-state index is 0.131. The molecule has 1 saturated heterocycles. The molecule has 0 spiro atoms. The Bertz CT molecular complexity index is 425. The average Bonchev–Trinajstić information content (AvgIpc) is 2.39. The quantitative estimate of drug-likeness (QED) is 0.873. The molecule has 104 valence electrons. The predicted molar refractivity (Wildman–Crippen MR) is 72.5 cm³/mol. The molecule has 0 saturated carbocycles. The van der Waals surface area contributed by atoms with E-state index in [0.717, 1.165) is 38.4 Å². The highest BCUT2D eigenvalue weighted by Crippen LogP contribution is 2.20. The van der Waals surface area contributed by atoms with Crippen molar-refractivity contribution < 1.29 is 9.90 Å². The fourth-order valence-corrected chi connectivity index (χ4v) is 2.43. The van der Waals surface area contributed by atoms with Gasteiger partial charge in [0.2, 0.25) is 5.95 Å². The molecule has 1 N–H and O–H groups in total. The summed E-state index contributed by atoms with van der Waals surface area (Å²) in [5, 5.41) is 8.81. The first kappa shape index (κ1) is 13.7. The lowest BCUT2D eigenvalue weighted by molar-refractivity contribution is 0.0696. The lowest BCUT2D eigenvalue weighted by atomic mass is 9.97. The third-order valence-electron chi connectivity index (χ3n) is 3.41. The van der Waals surface area contributed by atoms with E-state index in [2.05, 4.69) is 33.9 Å². The van der Waals surface area contributed by atoms with E-state index in [0.29, 0.717) is 5.95 Å². The van der Waals surface area contributed by atoms with Gasteiger partial charge in [0.1, 0.15) is 0 Å². The van der Waals surface area contributed by atoms with Gasteiger partial charge in [0.25, 0.3) is 0 Å². The third kappa shape index (κ3) is 3.64. The molecule has 0 amide bonds. The molecule has 0 bridgehead atoms. The molecule has 0 aromatic carbocycles. The fourth-order valence-electron chi connectivity index (χ4n) is 2.43. The van der Waals surface area contributed by atoms with Crippen molar-refractivity contribution in [1.82, 2.24) is 14.9 Å². The van der Waals surface area contributed by atoms with Gasteiger partial charge in [-0.2, -0.15) is 0 Å². The number of nitrogens with zero attached hydrogens (tertiary/aromatic N) is 4. The highest BCUT2D eigenvalue weighted by Gasteiger charge is 2.21. The molecule has 19 heavy (non-hydrogen) atoms. The van der Waals surface area contributed by atoms with E-state index in [1.54, 1.807) is 0 Å². The summed E-state index contributed by atoms with van der Waals surface area (Å²) in [6, 6.07) is 0. The summed E-state index contributed by atoms with van der Waals surface area (Å²) in [7, 11) is 4.19. The Labute approximate surface area is 113 Å². The molecular weight excluding hydrogens is 244 g/mol. The molecule has 2 rings (SSSR count). The van der Waals surface area contributed by atoms with Crippen LogP contribution in [0.3, 0.4) is 0 Å². The first-order valence-corrected chi connectivity index (χ1v) is 6.51. The van der Waals surface area contributed by atoms with E-state index < -0.39 is 5.97 Å². The number of carboxylic acid groups (broad SMARTS) is 1. The number of carboxylic acids is 1. The van der Waals surface area contributed by atoms with Crippen LogP contribution in [0, 0.1) is 5.92 Å². The third-order valence-corrected chi connectivity index (χ3v) is 3.41. The number of rotatable bonds is 4. The van der Waals surface area contributed by atoms with Gasteiger partial charge in [-0.1, -0.05) is 0 Å². The van der Waals surface area contributed by atoms with Crippen molar-refractivity contribution in [3.8, 4) is 0 Å². The Morgan fingerprint density at radius 3 is 2.42 bits per heavy atom. The largest absolute Gasteiger partial charge is 0.478 e. The zero-order valence-corrected chi connectivity index (χ0v) is 11.4. The molecule has 1 aliphatic heterocycles. The van der Waals surface area contributed by atoms with Crippen molar-refractivity contribution in [3.63, 3.8) is 0 Å². The van der Waals surface area contributed by atoms with Gasteiger partial charge in [0, 0.05) is 32.0 Å². The van der Waals surface area contributed by atoms with Gasteiger partial charge in [-0.3, -0.25) is 0 Å². The van der Waals surface area contributed by atoms with Crippen molar-refractivity contribution in [2.45, 2.75) is 12.8 Å². The maximum atomic E-state index is 10.7. The number of anilines is 1. The molecule has 6 nitrogen and oxygen atoms in total. The van der Waals surface area contributed by atoms with Crippen LogP contribution in [0.2, 0.25) is 0 Å².